The molecule has 0 saturated carbocycles. The molecule has 3 aromatic rings. The summed E-state index contributed by atoms with van der Waals surface area (Å²) in [4.78, 5) is 8.93. The Labute approximate surface area is 173 Å². The third kappa shape index (κ3) is 3.71. The number of nitrogens with one attached hydrogen (secondary N) is 1. The first kappa shape index (κ1) is 19.2. The summed E-state index contributed by atoms with van der Waals surface area (Å²) in [7, 11) is 0. The van der Waals surface area contributed by atoms with Gasteiger partial charge >= 0.3 is 0 Å². The fourth-order valence-electron chi connectivity index (χ4n) is 4.71. The fraction of sp³-hybridized carbons (Fsp3) is 0.455. The van der Waals surface area contributed by atoms with Crippen molar-refractivity contribution in [1.82, 2.24) is 15.0 Å². The van der Waals surface area contributed by atoms with E-state index in [1.807, 2.05) is 6.92 Å². The van der Waals surface area contributed by atoms with Crippen molar-refractivity contribution in [3.8, 4) is 0 Å². The van der Waals surface area contributed by atoms with Gasteiger partial charge < -0.3 is 14.7 Å². The van der Waals surface area contributed by atoms with Crippen molar-refractivity contribution < 1.29 is 13.3 Å². The van der Waals surface area contributed by atoms with Crippen molar-refractivity contribution in [3.63, 3.8) is 0 Å². The monoisotopic (exact) mass is 413 g/mol. The van der Waals surface area contributed by atoms with Gasteiger partial charge in [0.15, 0.2) is 11.4 Å². The minimum Gasteiger partial charge on any atom is -0.370 e. The third-order valence-corrected chi connectivity index (χ3v) is 6.32. The Balaban J connectivity index is 1.20. The van der Waals surface area contributed by atoms with Gasteiger partial charge in [0.2, 0.25) is 0 Å². The van der Waals surface area contributed by atoms with Gasteiger partial charge in [0.25, 0.3) is 0 Å². The minimum absolute atomic E-state index is 0.274. The first-order valence-corrected chi connectivity index (χ1v) is 10.5. The zero-order chi connectivity index (χ0) is 20.7. The van der Waals surface area contributed by atoms with Crippen molar-refractivity contribution >= 4 is 22.6 Å². The number of fused-ring (bicyclic) bond motifs is 2. The molecule has 30 heavy (non-hydrogen) atoms. The summed E-state index contributed by atoms with van der Waals surface area (Å²) in [5, 5.41) is 8.34. The van der Waals surface area contributed by atoms with Crippen molar-refractivity contribution in [2.24, 2.45) is 5.92 Å². The van der Waals surface area contributed by atoms with Gasteiger partial charge in [-0.25, -0.2) is 13.8 Å². The van der Waals surface area contributed by atoms with E-state index in [0.29, 0.717) is 17.5 Å². The van der Waals surface area contributed by atoms with Crippen LogP contribution in [0.4, 0.5) is 20.4 Å². The summed E-state index contributed by atoms with van der Waals surface area (Å²) in [5.74, 6) is 1.45. The quantitative estimate of drug-likeness (QED) is 0.702. The second-order valence-corrected chi connectivity index (χ2v) is 8.38. The number of rotatable bonds is 4. The van der Waals surface area contributed by atoms with E-state index in [0.717, 1.165) is 68.2 Å². The average Bonchev–Trinajstić information content (AvgIpc) is 3.15. The lowest BCUT2D eigenvalue weighted by Crippen LogP contribution is -2.57. The highest BCUT2D eigenvalue weighted by molar-refractivity contribution is 5.88. The van der Waals surface area contributed by atoms with Gasteiger partial charge in [-0.1, -0.05) is 5.16 Å². The van der Waals surface area contributed by atoms with E-state index in [2.05, 4.69) is 25.3 Å². The third-order valence-electron chi connectivity index (χ3n) is 6.32. The van der Waals surface area contributed by atoms with Crippen LogP contribution < -0.4 is 10.2 Å². The molecule has 2 atom stereocenters. The predicted octanol–water partition coefficient (Wildman–Crippen LogP) is 3.82. The molecular weight excluding hydrogens is 388 g/mol. The minimum atomic E-state index is -0.306. The second kappa shape index (κ2) is 7.83. The Morgan fingerprint density at radius 1 is 1.13 bits per heavy atom. The molecule has 0 spiro atoms. The number of benzene rings is 1. The molecule has 158 valence electrons. The topological polar surface area (TPSA) is 57.4 Å². The van der Waals surface area contributed by atoms with Crippen molar-refractivity contribution in [2.75, 3.05) is 42.9 Å². The Morgan fingerprint density at radius 2 is 2.03 bits per heavy atom. The lowest BCUT2D eigenvalue weighted by atomic mass is 9.91. The largest absolute Gasteiger partial charge is 0.370 e. The number of anilines is 2. The maximum absolute atomic E-state index is 13.7. The number of hydrogen-bond acceptors (Lipinski definition) is 6. The normalized spacial score (nSPS) is 22.3. The van der Waals surface area contributed by atoms with Gasteiger partial charge in [0.1, 0.15) is 17.5 Å². The van der Waals surface area contributed by atoms with Crippen molar-refractivity contribution in [1.29, 1.82) is 0 Å². The van der Waals surface area contributed by atoms with Crippen LogP contribution in [0, 0.1) is 24.5 Å². The smallest absolute Gasteiger partial charge is 0.180 e. The van der Waals surface area contributed by atoms with E-state index in [1.54, 1.807) is 6.07 Å². The number of nitrogens with zero attached hydrogens (tertiary/aromatic N) is 4. The van der Waals surface area contributed by atoms with Crippen LogP contribution in [-0.2, 0) is 0 Å². The molecule has 2 fully saturated rings. The molecule has 1 N–H and O–H groups in total. The van der Waals surface area contributed by atoms with Gasteiger partial charge in [-0.05, 0) is 55.5 Å². The fourth-order valence-corrected chi connectivity index (χ4v) is 4.71. The van der Waals surface area contributed by atoms with Crippen LogP contribution in [0.2, 0.25) is 0 Å². The Bertz CT molecular complexity index is 1060. The average molecular weight is 413 g/mol. The van der Waals surface area contributed by atoms with Gasteiger partial charge in [-0.2, -0.15) is 0 Å². The van der Waals surface area contributed by atoms with E-state index in [1.165, 1.54) is 24.4 Å². The molecular formula is C22H25F2N5O. The Kier molecular flexibility index (Phi) is 5.02. The molecule has 5 rings (SSSR count). The zero-order valence-corrected chi connectivity index (χ0v) is 16.9. The zero-order valence-electron chi connectivity index (χ0n) is 16.9. The first-order chi connectivity index (χ1) is 14.6. The van der Waals surface area contributed by atoms with E-state index in [4.69, 9.17) is 4.52 Å². The standard InChI is InChI=1S/C22H25F2N5O/c1-14-8-17(24)11-26-21(14)25-10-15-2-4-18-13-29(7-6-28(18)12-15)22-19-9-16(23)3-5-20(19)30-27-22/h3,5,8-9,11,15,18H,2,4,6-7,10,12-13H2,1H3,(H,25,26)/t15-,18-/m0/s1. The number of halogens is 2. The summed E-state index contributed by atoms with van der Waals surface area (Å²) in [6.45, 7) is 6.39. The lowest BCUT2D eigenvalue weighted by molar-refractivity contribution is 0.0994. The van der Waals surface area contributed by atoms with E-state index in [9.17, 15) is 8.78 Å². The van der Waals surface area contributed by atoms with Crippen molar-refractivity contribution in [2.45, 2.75) is 25.8 Å². The highest BCUT2D eigenvalue weighted by Crippen LogP contribution is 2.31. The number of pyridine rings is 1. The van der Waals surface area contributed by atoms with Crippen molar-refractivity contribution in [3.05, 3.63) is 47.7 Å². The van der Waals surface area contributed by atoms with E-state index in [-0.39, 0.29) is 11.6 Å². The Hall–Kier alpha value is -2.74. The summed E-state index contributed by atoms with van der Waals surface area (Å²) in [6.07, 6.45) is 3.48. The molecule has 2 aromatic heterocycles. The molecule has 8 heteroatoms. The molecule has 6 nitrogen and oxygen atoms in total. The summed E-state index contributed by atoms with van der Waals surface area (Å²) in [5.41, 5.74) is 1.45. The van der Waals surface area contributed by atoms with Gasteiger partial charge in [-0.3, -0.25) is 4.90 Å². The summed E-state index contributed by atoms with van der Waals surface area (Å²) >= 11 is 0. The lowest BCUT2D eigenvalue weighted by Gasteiger charge is -2.46. The number of aromatic nitrogens is 2. The van der Waals surface area contributed by atoms with Crippen LogP contribution in [0.3, 0.4) is 0 Å². The van der Waals surface area contributed by atoms with Gasteiger partial charge in [0.05, 0.1) is 11.6 Å². The molecule has 1 aromatic carbocycles. The molecule has 2 aliphatic heterocycles. The number of aryl methyl sites for hydroxylation is 1. The van der Waals surface area contributed by atoms with E-state index < -0.39 is 0 Å². The molecule has 0 unspecified atom stereocenters. The molecule has 2 aliphatic rings. The number of piperidine rings is 1. The molecule has 0 bridgehead atoms. The van der Waals surface area contributed by atoms with Crippen LogP contribution in [-0.4, -0.2) is 53.8 Å². The van der Waals surface area contributed by atoms with Crippen LogP contribution in [0.25, 0.3) is 11.0 Å². The van der Waals surface area contributed by atoms with Crippen LogP contribution >= 0.6 is 0 Å². The highest BCUT2D eigenvalue weighted by atomic mass is 19.1. The molecule has 0 radical (unpaired) electrons. The highest BCUT2D eigenvalue weighted by Gasteiger charge is 2.34. The number of piperazine rings is 1. The maximum Gasteiger partial charge on any atom is 0.180 e. The van der Waals surface area contributed by atoms with Crippen LogP contribution in [0.1, 0.15) is 18.4 Å². The number of hydrogen-bond donors (Lipinski definition) is 1. The van der Waals surface area contributed by atoms with E-state index >= 15 is 0 Å². The second-order valence-electron chi connectivity index (χ2n) is 8.38. The predicted molar refractivity (Wildman–Crippen MR) is 112 cm³/mol. The van der Waals surface area contributed by atoms with Crippen LogP contribution in [0.5, 0.6) is 0 Å². The van der Waals surface area contributed by atoms with Gasteiger partial charge in [0, 0.05) is 38.8 Å². The SMILES string of the molecule is Cc1cc(F)cnc1NC[C@@H]1CC[C@H]2CN(c3noc4ccc(F)cc34)CCN2C1. The Morgan fingerprint density at radius 3 is 2.90 bits per heavy atom. The molecule has 2 saturated heterocycles. The maximum atomic E-state index is 13.7. The molecule has 0 aliphatic carbocycles. The van der Waals surface area contributed by atoms with Crippen LogP contribution in [0.15, 0.2) is 35.0 Å². The molecule has 4 heterocycles. The molecule has 0 amide bonds. The summed E-state index contributed by atoms with van der Waals surface area (Å²) < 4.78 is 32.3. The first-order valence-electron chi connectivity index (χ1n) is 10.5. The summed E-state index contributed by atoms with van der Waals surface area (Å²) in [6, 6.07) is 6.49. The van der Waals surface area contributed by atoms with Gasteiger partial charge in [-0.15, -0.1) is 0 Å².